The standard InChI is InChI=1S/C23H26Cl2N2O2/c24-20-8-3-1-6-18(20)10-12-22(28)26-14-5-15-27(17-16-26)23(29)13-11-19-7-2-4-9-21(19)25/h1-4,6-9H,5,10-17H2. The van der Waals surface area contributed by atoms with Gasteiger partial charge in [0.1, 0.15) is 0 Å². The van der Waals surface area contributed by atoms with Crippen molar-refractivity contribution in [1.29, 1.82) is 0 Å². The molecule has 3 rings (SSSR count). The lowest BCUT2D eigenvalue weighted by Gasteiger charge is -2.22. The van der Waals surface area contributed by atoms with E-state index in [0.29, 0.717) is 61.9 Å². The Morgan fingerprint density at radius 3 is 1.52 bits per heavy atom. The second-order valence-corrected chi connectivity index (χ2v) is 8.11. The molecule has 1 aliphatic rings. The number of rotatable bonds is 6. The third kappa shape index (κ3) is 6.22. The van der Waals surface area contributed by atoms with Gasteiger partial charge in [0, 0.05) is 49.1 Å². The molecule has 4 nitrogen and oxygen atoms in total. The van der Waals surface area contributed by atoms with E-state index in [2.05, 4.69) is 0 Å². The minimum absolute atomic E-state index is 0.121. The highest BCUT2D eigenvalue weighted by Gasteiger charge is 2.22. The van der Waals surface area contributed by atoms with Crippen LogP contribution in [-0.4, -0.2) is 47.8 Å². The highest BCUT2D eigenvalue weighted by Crippen LogP contribution is 2.19. The lowest BCUT2D eigenvalue weighted by atomic mass is 10.1. The van der Waals surface area contributed by atoms with E-state index in [1.165, 1.54) is 0 Å². The van der Waals surface area contributed by atoms with Gasteiger partial charge in [-0.25, -0.2) is 0 Å². The average molecular weight is 433 g/mol. The molecule has 2 aromatic carbocycles. The second-order valence-electron chi connectivity index (χ2n) is 7.30. The zero-order chi connectivity index (χ0) is 20.6. The molecule has 0 saturated carbocycles. The molecule has 6 heteroatoms. The van der Waals surface area contributed by atoms with Crippen LogP contribution in [0.2, 0.25) is 10.0 Å². The molecule has 1 heterocycles. The quantitative estimate of drug-likeness (QED) is 0.667. The van der Waals surface area contributed by atoms with Crippen LogP contribution < -0.4 is 0 Å². The first-order valence-electron chi connectivity index (χ1n) is 10.1. The summed E-state index contributed by atoms with van der Waals surface area (Å²) in [4.78, 5) is 29.0. The van der Waals surface area contributed by atoms with E-state index in [1.807, 2.05) is 58.3 Å². The third-order valence-corrected chi connectivity index (χ3v) is 6.07. The molecule has 29 heavy (non-hydrogen) atoms. The van der Waals surface area contributed by atoms with E-state index >= 15 is 0 Å². The van der Waals surface area contributed by atoms with Crippen molar-refractivity contribution in [3.63, 3.8) is 0 Å². The predicted octanol–water partition coefficient (Wildman–Crippen LogP) is 4.62. The molecule has 0 bridgehead atoms. The summed E-state index contributed by atoms with van der Waals surface area (Å²) in [5, 5.41) is 1.40. The minimum atomic E-state index is 0.121. The summed E-state index contributed by atoms with van der Waals surface area (Å²) in [7, 11) is 0. The molecule has 0 radical (unpaired) electrons. The van der Waals surface area contributed by atoms with Crippen molar-refractivity contribution < 1.29 is 9.59 Å². The molecule has 1 saturated heterocycles. The van der Waals surface area contributed by atoms with Crippen LogP contribution in [0, 0.1) is 0 Å². The van der Waals surface area contributed by atoms with Gasteiger partial charge < -0.3 is 9.80 Å². The van der Waals surface area contributed by atoms with Crippen LogP contribution in [0.1, 0.15) is 30.4 Å². The Kier molecular flexibility index (Phi) is 7.96. The first kappa shape index (κ1) is 21.7. The van der Waals surface area contributed by atoms with Gasteiger partial charge in [-0.1, -0.05) is 59.6 Å². The molecule has 0 unspecified atom stereocenters. The molecule has 0 N–H and O–H groups in total. The largest absolute Gasteiger partial charge is 0.341 e. The summed E-state index contributed by atoms with van der Waals surface area (Å²) in [6.07, 6.45) is 2.94. The van der Waals surface area contributed by atoms with Gasteiger partial charge in [-0.3, -0.25) is 9.59 Å². The maximum atomic E-state index is 12.6. The van der Waals surface area contributed by atoms with Crippen LogP contribution in [-0.2, 0) is 22.4 Å². The minimum Gasteiger partial charge on any atom is -0.341 e. The fourth-order valence-electron chi connectivity index (χ4n) is 3.62. The van der Waals surface area contributed by atoms with Gasteiger partial charge in [0.2, 0.25) is 11.8 Å². The van der Waals surface area contributed by atoms with Gasteiger partial charge in [0.25, 0.3) is 0 Å². The van der Waals surface area contributed by atoms with Crippen LogP contribution in [0.4, 0.5) is 0 Å². The SMILES string of the molecule is O=C(CCc1ccccc1Cl)N1CCCN(C(=O)CCc2ccccc2Cl)CC1. The molecule has 0 aromatic heterocycles. The molecule has 154 valence electrons. The Morgan fingerprint density at radius 2 is 1.10 bits per heavy atom. The molecule has 0 atom stereocenters. The number of benzene rings is 2. The smallest absolute Gasteiger partial charge is 0.222 e. The van der Waals surface area contributed by atoms with Crippen molar-refractivity contribution in [3.8, 4) is 0 Å². The molecule has 0 spiro atoms. The van der Waals surface area contributed by atoms with Crippen molar-refractivity contribution in [1.82, 2.24) is 9.80 Å². The molecule has 2 amide bonds. The Bertz CT molecular complexity index is 787. The number of amides is 2. The molecular weight excluding hydrogens is 407 g/mol. The van der Waals surface area contributed by atoms with Crippen LogP contribution in [0.3, 0.4) is 0 Å². The van der Waals surface area contributed by atoms with Crippen LogP contribution in [0.15, 0.2) is 48.5 Å². The maximum absolute atomic E-state index is 12.6. The third-order valence-electron chi connectivity index (χ3n) is 5.33. The Morgan fingerprint density at radius 1 is 0.690 bits per heavy atom. The number of hydrogen-bond donors (Lipinski definition) is 0. The Balaban J connectivity index is 1.46. The number of aryl methyl sites for hydroxylation is 2. The molecular formula is C23H26Cl2N2O2. The van der Waals surface area contributed by atoms with Crippen molar-refractivity contribution in [2.75, 3.05) is 26.2 Å². The summed E-state index contributed by atoms with van der Waals surface area (Å²) in [6, 6.07) is 15.3. The van der Waals surface area contributed by atoms with Crippen LogP contribution >= 0.6 is 23.2 Å². The highest BCUT2D eigenvalue weighted by molar-refractivity contribution is 6.31. The fraction of sp³-hybridized carbons (Fsp3) is 0.391. The second kappa shape index (κ2) is 10.7. The molecule has 1 aliphatic heterocycles. The first-order chi connectivity index (χ1) is 14.0. The number of carbonyl (C=O) groups excluding carboxylic acids is 2. The molecule has 0 aliphatic carbocycles. The van der Waals surface area contributed by atoms with Crippen molar-refractivity contribution >= 4 is 35.0 Å². The van der Waals surface area contributed by atoms with Crippen molar-refractivity contribution in [2.24, 2.45) is 0 Å². The van der Waals surface area contributed by atoms with E-state index in [-0.39, 0.29) is 11.8 Å². The predicted molar refractivity (Wildman–Crippen MR) is 117 cm³/mol. The monoisotopic (exact) mass is 432 g/mol. The van der Waals surface area contributed by atoms with Gasteiger partial charge in [0.15, 0.2) is 0 Å². The van der Waals surface area contributed by atoms with Crippen molar-refractivity contribution in [3.05, 3.63) is 69.7 Å². The van der Waals surface area contributed by atoms with Crippen molar-refractivity contribution in [2.45, 2.75) is 32.1 Å². The zero-order valence-corrected chi connectivity index (χ0v) is 18.0. The molecule has 1 fully saturated rings. The van der Waals surface area contributed by atoms with Gasteiger partial charge in [-0.15, -0.1) is 0 Å². The van der Waals surface area contributed by atoms with E-state index < -0.39 is 0 Å². The number of halogens is 2. The Labute approximate surface area is 182 Å². The fourth-order valence-corrected chi connectivity index (χ4v) is 4.08. The summed E-state index contributed by atoms with van der Waals surface area (Å²) in [6.45, 7) is 2.55. The van der Waals surface area contributed by atoms with Crippen LogP contribution in [0.5, 0.6) is 0 Å². The summed E-state index contributed by atoms with van der Waals surface area (Å²) >= 11 is 12.4. The Hall–Kier alpha value is -2.04. The van der Waals surface area contributed by atoms with Gasteiger partial charge in [0.05, 0.1) is 0 Å². The lowest BCUT2D eigenvalue weighted by molar-refractivity contribution is -0.133. The van der Waals surface area contributed by atoms with E-state index in [9.17, 15) is 9.59 Å². The topological polar surface area (TPSA) is 40.6 Å². The number of nitrogens with zero attached hydrogens (tertiary/aromatic N) is 2. The maximum Gasteiger partial charge on any atom is 0.222 e. The van der Waals surface area contributed by atoms with E-state index in [4.69, 9.17) is 23.2 Å². The first-order valence-corrected chi connectivity index (χ1v) is 10.8. The zero-order valence-electron chi connectivity index (χ0n) is 16.4. The summed E-state index contributed by atoms with van der Waals surface area (Å²) in [5.41, 5.74) is 1.99. The highest BCUT2D eigenvalue weighted by atomic mass is 35.5. The van der Waals surface area contributed by atoms with Gasteiger partial charge >= 0.3 is 0 Å². The molecule has 2 aromatic rings. The van der Waals surface area contributed by atoms with Gasteiger partial charge in [-0.2, -0.15) is 0 Å². The number of carbonyl (C=O) groups is 2. The van der Waals surface area contributed by atoms with Gasteiger partial charge in [-0.05, 0) is 42.5 Å². The normalized spacial score (nSPS) is 14.6. The van der Waals surface area contributed by atoms with Crippen LogP contribution in [0.25, 0.3) is 0 Å². The van der Waals surface area contributed by atoms with E-state index in [0.717, 1.165) is 17.5 Å². The average Bonchev–Trinajstić information content (AvgIpc) is 2.98. The summed E-state index contributed by atoms with van der Waals surface area (Å²) < 4.78 is 0. The number of hydrogen-bond acceptors (Lipinski definition) is 2. The van der Waals surface area contributed by atoms with E-state index in [1.54, 1.807) is 0 Å². The lowest BCUT2D eigenvalue weighted by Crippen LogP contribution is -2.37. The summed E-state index contributed by atoms with van der Waals surface area (Å²) in [5.74, 6) is 0.241.